The first-order valence-corrected chi connectivity index (χ1v) is 7.97. The van der Waals surface area contributed by atoms with Crippen LogP contribution in [0.15, 0.2) is 18.2 Å². The molecule has 0 fully saturated rings. The number of carboxylic acid groups (broad SMARTS) is 1. The Hall–Kier alpha value is -2.48. The monoisotopic (exact) mass is 368 g/mol. The lowest BCUT2D eigenvalue weighted by atomic mass is 10.2. The van der Waals surface area contributed by atoms with Crippen LogP contribution in [0.2, 0.25) is 5.02 Å². The van der Waals surface area contributed by atoms with Crippen molar-refractivity contribution >= 4 is 23.5 Å². The smallest absolute Gasteiger partial charge is 0.323 e. The van der Waals surface area contributed by atoms with E-state index in [1.54, 1.807) is 6.92 Å². The fourth-order valence-corrected chi connectivity index (χ4v) is 2.54. The molecular weight excluding hydrogens is 351 g/mol. The number of halogens is 2. The van der Waals surface area contributed by atoms with Crippen LogP contribution in [-0.4, -0.2) is 50.0 Å². The van der Waals surface area contributed by atoms with Gasteiger partial charge in [-0.1, -0.05) is 30.7 Å². The van der Waals surface area contributed by atoms with Crippen molar-refractivity contribution in [3.63, 3.8) is 0 Å². The minimum absolute atomic E-state index is 0.0438. The van der Waals surface area contributed by atoms with Crippen LogP contribution in [0.3, 0.4) is 0 Å². The van der Waals surface area contributed by atoms with Crippen molar-refractivity contribution in [3.8, 4) is 5.69 Å². The lowest BCUT2D eigenvalue weighted by Crippen LogP contribution is -2.38. The molecule has 0 unspecified atom stereocenters. The summed E-state index contributed by atoms with van der Waals surface area (Å²) in [6, 6.07) is 4.02. The third kappa shape index (κ3) is 4.33. The van der Waals surface area contributed by atoms with Gasteiger partial charge >= 0.3 is 5.97 Å². The zero-order valence-electron chi connectivity index (χ0n) is 14.0. The third-order valence-electron chi connectivity index (χ3n) is 3.44. The van der Waals surface area contributed by atoms with E-state index in [2.05, 4.69) is 10.3 Å². The standard InChI is InChI=1S/C16H18ClFN4O3/c1-9(2)7-21(8-14(23)24)16(25)15-10(3)22(20-19-15)11-4-5-13(18)12(17)6-11/h4-6,9H,7-8H2,1-3H3,(H,23,24). The molecule has 1 heterocycles. The maximum atomic E-state index is 13.3. The van der Waals surface area contributed by atoms with Crippen LogP contribution in [0, 0.1) is 18.7 Å². The third-order valence-corrected chi connectivity index (χ3v) is 3.73. The molecule has 25 heavy (non-hydrogen) atoms. The first kappa shape index (κ1) is 18.9. The number of hydrogen-bond acceptors (Lipinski definition) is 4. The number of nitrogens with zero attached hydrogens (tertiary/aromatic N) is 4. The van der Waals surface area contributed by atoms with Gasteiger partial charge in [-0.2, -0.15) is 0 Å². The van der Waals surface area contributed by atoms with Crippen LogP contribution in [0.25, 0.3) is 5.69 Å². The molecule has 0 aliphatic carbocycles. The highest BCUT2D eigenvalue weighted by Crippen LogP contribution is 2.20. The molecule has 0 aliphatic rings. The molecule has 0 atom stereocenters. The number of amides is 1. The van der Waals surface area contributed by atoms with Crippen LogP contribution < -0.4 is 0 Å². The van der Waals surface area contributed by atoms with Gasteiger partial charge in [0.1, 0.15) is 12.4 Å². The largest absolute Gasteiger partial charge is 0.480 e. The second kappa shape index (κ2) is 7.60. The quantitative estimate of drug-likeness (QED) is 0.846. The van der Waals surface area contributed by atoms with Gasteiger partial charge in [0, 0.05) is 6.54 Å². The van der Waals surface area contributed by atoms with Crippen LogP contribution >= 0.6 is 11.6 Å². The number of rotatable bonds is 6. The van der Waals surface area contributed by atoms with Gasteiger partial charge in [0.25, 0.3) is 5.91 Å². The molecule has 1 aromatic carbocycles. The Morgan fingerprint density at radius 2 is 2.08 bits per heavy atom. The number of hydrogen-bond donors (Lipinski definition) is 1. The fraction of sp³-hybridized carbons (Fsp3) is 0.375. The first-order valence-electron chi connectivity index (χ1n) is 7.59. The number of carbonyl (C=O) groups excluding carboxylic acids is 1. The highest BCUT2D eigenvalue weighted by atomic mass is 35.5. The Bertz CT molecular complexity index is 807. The van der Waals surface area contributed by atoms with Gasteiger partial charge in [-0.3, -0.25) is 9.59 Å². The molecule has 0 aliphatic heterocycles. The summed E-state index contributed by atoms with van der Waals surface area (Å²) in [5.41, 5.74) is 0.901. The van der Waals surface area contributed by atoms with Gasteiger partial charge in [-0.15, -0.1) is 5.10 Å². The highest BCUT2D eigenvalue weighted by molar-refractivity contribution is 6.30. The van der Waals surface area contributed by atoms with E-state index in [0.717, 1.165) is 0 Å². The maximum Gasteiger partial charge on any atom is 0.323 e. The number of aliphatic carboxylic acids is 1. The Labute approximate surface area is 149 Å². The van der Waals surface area contributed by atoms with Crippen molar-refractivity contribution in [2.75, 3.05) is 13.1 Å². The second-order valence-corrected chi connectivity index (χ2v) is 6.41. The van der Waals surface area contributed by atoms with E-state index in [-0.39, 0.29) is 23.2 Å². The Morgan fingerprint density at radius 1 is 1.40 bits per heavy atom. The highest BCUT2D eigenvalue weighted by Gasteiger charge is 2.25. The Morgan fingerprint density at radius 3 is 2.64 bits per heavy atom. The number of carboxylic acids is 1. The predicted molar refractivity (Wildman–Crippen MR) is 89.4 cm³/mol. The van der Waals surface area contributed by atoms with E-state index in [1.807, 2.05) is 13.8 Å². The molecule has 1 amide bonds. The summed E-state index contributed by atoms with van der Waals surface area (Å²) >= 11 is 5.77. The molecule has 7 nitrogen and oxygen atoms in total. The topological polar surface area (TPSA) is 88.3 Å². The normalized spacial score (nSPS) is 11.0. The van der Waals surface area contributed by atoms with E-state index in [0.29, 0.717) is 11.4 Å². The zero-order valence-corrected chi connectivity index (χ0v) is 14.8. The summed E-state index contributed by atoms with van der Waals surface area (Å²) in [5, 5.41) is 16.7. The number of aromatic nitrogens is 3. The van der Waals surface area contributed by atoms with Crippen molar-refractivity contribution in [3.05, 3.63) is 40.4 Å². The predicted octanol–water partition coefficient (Wildman–Crippen LogP) is 2.55. The van der Waals surface area contributed by atoms with E-state index >= 15 is 0 Å². The summed E-state index contributed by atoms with van der Waals surface area (Å²) in [4.78, 5) is 24.9. The van der Waals surface area contributed by atoms with E-state index in [9.17, 15) is 14.0 Å². The summed E-state index contributed by atoms with van der Waals surface area (Å²) in [6.45, 7) is 5.24. The fourth-order valence-electron chi connectivity index (χ4n) is 2.36. The molecule has 1 N–H and O–H groups in total. The van der Waals surface area contributed by atoms with Crippen LogP contribution in [0.4, 0.5) is 4.39 Å². The second-order valence-electron chi connectivity index (χ2n) is 6.01. The SMILES string of the molecule is Cc1c(C(=O)N(CC(=O)O)CC(C)C)nnn1-c1ccc(F)c(Cl)c1. The number of benzene rings is 1. The van der Waals surface area contributed by atoms with Gasteiger partial charge < -0.3 is 10.0 Å². The van der Waals surface area contributed by atoms with Crippen molar-refractivity contribution in [1.82, 2.24) is 19.9 Å². The Balaban J connectivity index is 2.36. The molecule has 0 saturated heterocycles. The zero-order chi connectivity index (χ0) is 18.7. The van der Waals surface area contributed by atoms with Gasteiger partial charge in [0.15, 0.2) is 5.69 Å². The minimum Gasteiger partial charge on any atom is -0.480 e. The lowest BCUT2D eigenvalue weighted by molar-refractivity contribution is -0.137. The molecule has 0 bridgehead atoms. The summed E-state index contributed by atoms with van der Waals surface area (Å²) < 4.78 is 14.7. The molecule has 0 saturated carbocycles. The molecule has 0 radical (unpaired) electrons. The van der Waals surface area contributed by atoms with E-state index < -0.39 is 24.2 Å². The van der Waals surface area contributed by atoms with Crippen LogP contribution in [-0.2, 0) is 4.79 Å². The summed E-state index contributed by atoms with van der Waals surface area (Å²) in [5.74, 6) is -2.10. The van der Waals surface area contributed by atoms with Gasteiger partial charge in [-0.25, -0.2) is 9.07 Å². The van der Waals surface area contributed by atoms with Gasteiger partial charge in [0.05, 0.1) is 16.4 Å². The van der Waals surface area contributed by atoms with Crippen LogP contribution in [0.5, 0.6) is 0 Å². The van der Waals surface area contributed by atoms with Crippen molar-refractivity contribution in [1.29, 1.82) is 0 Å². The minimum atomic E-state index is -1.11. The van der Waals surface area contributed by atoms with Crippen LogP contribution in [0.1, 0.15) is 30.0 Å². The van der Waals surface area contributed by atoms with E-state index in [4.69, 9.17) is 16.7 Å². The Kier molecular flexibility index (Phi) is 5.73. The summed E-state index contributed by atoms with van der Waals surface area (Å²) in [6.07, 6.45) is 0. The molecule has 1 aromatic heterocycles. The molecule has 2 rings (SSSR count). The van der Waals surface area contributed by atoms with Crippen molar-refractivity contribution in [2.45, 2.75) is 20.8 Å². The van der Waals surface area contributed by atoms with Gasteiger partial charge in [-0.05, 0) is 31.0 Å². The first-order chi connectivity index (χ1) is 11.7. The van der Waals surface area contributed by atoms with E-state index in [1.165, 1.54) is 27.8 Å². The van der Waals surface area contributed by atoms with Gasteiger partial charge in [0.2, 0.25) is 0 Å². The average Bonchev–Trinajstić information content (AvgIpc) is 2.89. The van der Waals surface area contributed by atoms with Crippen molar-refractivity contribution < 1.29 is 19.1 Å². The molecule has 0 spiro atoms. The maximum absolute atomic E-state index is 13.3. The average molecular weight is 369 g/mol. The number of carbonyl (C=O) groups is 2. The molecule has 2 aromatic rings. The molecular formula is C16H18ClFN4O3. The lowest BCUT2D eigenvalue weighted by Gasteiger charge is -2.21. The molecule has 134 valence electrons. The summed E-state index contributed by atoms with van der Waals surface area (Å²) in [7, 11) is 0. The van der Waals surface area contributed by atoms with Crippen molar-refractivity contribution in [2.24, 2.45) is 5.92 Å². The molecule has 9 heteroatoms.